The quantitative estimate of drug-likeness (QED) is 0.586. The average molecular weight is 200 g/mol. The van der Waals surface area contributed by atoms with E-state index >= 15 is 0 Å². The van der Waals surface area contributed by atoms with Gasteiger partial charge in [0, 0.05) is 13.0 Å². The normalized spacial score (nSPS) is 12.5. The van der Waals surface area contributed by atoms with Crippen molar-refractivity contribution in [2.75, 3.05) is 13.1 Å². The van der Waals surface area contributed by atoms with Crippen LogP contribution in [-0.2, 0) is 4.79 Å². The molecule has 0 aromatic rings. The van der Waals surface area contributed by atoms with Gasteiger partial charge in [0.15, 0.2) is 0 Å². The summed E-state index contributed by atoms with van der Waals surface area (Å²) in [7, 11) is 0. The molecule has 0 saturated heterocycles. The molecule has 0 aromatic heterocycles. The molecule has 1 amide bonds. The second kappa shape index (κ2) is 9.00. The third kappa shape index (κ3) is 8.05. The number of hydrogen-bond donors (Lipinski definition) is 2. The molecule has 1 unspecified atom stereocenters. The number of amides is 1. The Morgan fingerprint density at radius 3 is 2.71 bits per heavy atom. The second-order valence-electron chi connectivity index (χ2n) is 3.92. The predicted octanol–water partition coefficient (Wildman–Crippen LogP) is 1.67. The van der Waals surface area contributed by atoms with E-state index < -0.39 is 0 Å². The summed E-state index contributed by atoms with van der Waals surface area (Å²) in [6.45, 7) is 5.81. The monoisotopic (exact) mass is 200 g/mol. The zero-order valence-electron chi connectivity index (χ0n) is 9.51. The summed E-state index contributed by atoms with van der Waals surface area (Å²) < 4.78 is 0. The van der Waals surface area contributed by atoms with E-state index in [0.717, 1.165) is 38.8 Å². The van der Waals surface area contributed by atoms with Gasteiger partial charge in [-0.05, 0) is 31.7 Å². The first-order chi connectivity index (χ1) is 6.70. The molecule has 0 aliphatic carbocycles. The van der Waals surface area contributed by atoms with E-state index in [1.54, 1.807) is 0 Å². The smallest absolute Gasteiger partial charge is 0.220 e. The van der Waals surface area contributed by atoms with E-state index in [0.29, 0.717) is 12.3 Å². The predicted molar refractivity (Wildman–Crippen MR) is 60.0 cm³/mol. The summed E-state index contributed by atoms with van der Waals surface area (Å²) in [6.07, 6.45) is 4.82. The van der Waals surface area contributed by atoms with Crippen molar-refractivity contribution in [3.8, 4) is 0 Å². The van der Waals surface area contributed by atoms with E-state index in [1.165, 1.54) is 0 Å². The van der Waals surface area contributed by atoms with Gasteiger partial charge in [-0.15, -0.1) is 0 Å². The SMILES string of the molecule is CCCCNC(=O)CCC(C)CCN. The molecule has 0 aliphatic heterocycles. The Bertz CT molecular complexity index is 148. The number of hydrogen-bond acceptors (Lipinski definition) is 2. The molecule has 0 fully saturated rings. The van der Waals surface area contributed by atoms with Crippen molar-refractivity contribution in [2.24, 2.45) is 11.7 Å². The molecule has 0 heterocycles. The van der Waals surface area contributed by atoms with Crippen molar-refractivity contribution in [1.82, 2.24) is 5.32 Å². The molecule has 84 valence electrons. The van der Waals surface area contributed by atoms with Gasteiger partial charge in [0.1, 0.15) is 0 Å². The zero-order chi connectivity index (χ0) is 10.8. The Balaban J connectivity index is 3.34. The van der Waals surface area contributed by atoms with Gasteiger partial charge in [-0.2, -0.15) is 0 Å². The van der Waals surface area contributed by atoms with Gasteiger partial charge in [-0.1, -0.05) is 20.3 Å². The van der Waals surface area contributed by atoms with Crippen molar-refractivity contribution in [1.29, 1.82) is 0 Å². The van der Waals surface area contributed by atoms with Crippen LogP contribution in [-0.4, -0.2) is 19.0 Å². The van der Waals surface area contributed by atoms with Gasteiger partial charge in [-0.3, -0.25) is 4.79 Å². The van der Waals surface area contributed by atoms with E-state index in [9.17, 15) is 4.79 Å². The molecule has 0 aromatic carbocycles. The van der Waals surface area contributed by atoms with Crippen LogP contribution in [0.15, 0.2) is 0 Å². The first-order valence-corrected chi connectivity index (χ1v) is 5.67. The van der Waals surface area contributed by atoms with Crippen LogP contribution in [0, 0.1) is 5.92 Å². The molecule has 14 heavy (non-hydrogen) atoms. The molecule has 0 bridgehead atoms. The minimum absolute atomic E-state index is 0.183. The van der Waals surface area contributed by atoms with Gasteiger partial charge in [0.05, 0.1) is 0 Å². The number of nitrogens with one attached hydrogen (secondary N) is 1. The third-order valence-electron chi connectivity index (χ3n) is 2.38. The maximum absolute atomic E-state index is 11.3. The highest BCUT2D eigenvalue weighted by Crippen LogP contribution is 2.08. The number of rotatable bonds is 8. The van der Waals surface area contributed by atoms with Crippen LogP contribution in [0.25, 0.3) is 0 Å². The highest BCUT2D eigenvalue weighted by molar-refractivity contribution is 5.75. The van der Waals surface area contributed by atoms with Crippen molar-refractivity contribution in [2.45, 2.75) is 46.0 Å². The van der Waals surface area contributed by atoms with Crippen LogP contribution in [0.1, 0.15) is 46.0 Å². The molecular weight excluding hydrogens is 176 g/mol. The van der Waals surface area contributed by atoms with Crippen LogP contribution < -0.4 is 11.1 Å². The number of nitrogens with two attached hydrogens (primary N) is 1. The Morgan fingerprint density at radius 1 is 1.43 bits per heavy atom. The molecule has 0 radical (unpaired) electrons. The second-order valence-corrected chi connectivity index (χ2v) is 3.92. The number of carbonyl (C=O) groups is 1. The van der Waals surface area contributed by atoms with Gasteiger partial charge < -0.3 is 11.1 Å². The number of carbonyl (C=O) groups excluding carboxylic acids is 1. The summed E-state index contributed by atoms with van der Waals surface area (Å²) >= 11 is 0. The standard InChI is InChI=1S/C11H24N2O/c1-3-4-9-13-11(14)6-5-10(2)7-8-12/h10H,3-9,12H2,1-2H3,(H,13,14). The molecule has 0 rings (SSSR count). The molecule has 0 spiro atoms. The minimum atomic E-state index is 0.183. The van der Waals surface area contributed by atoms with Crippen LogP contribution in [0.5, 0.6) is 0 Å². The van der Waals surface area contributed by atoms with Crippen molar-refractivity contribution in [3.05, 3.63) is 0 Å². The minimum Gasteiger partial charge on any atom is -0.356 e. The fourth-order valence-corrected chi connectivity index (χ4v) is 1.30. The zero-order valence-corrected chi connectivity index (χ0v) is 9.51. The Hall–Kier alpha value is -0.570. The Kier molecular flexibility index (Phi) is 8.64. The van der Waals surface area contributed by atoms with Gasteiger partial charge >= 0.3 is 0 Å². The summed E-state index contributed by atoms with van der Waals surface area (Å²) in [5, 5.41) is 2.91. The lowest BCUT2D eigenvalue weighted by atomic mass is 10.0. The Labute approximate surface area is 87.4 Å². The summed E-state index contributed by atoms with van der Waals surface area (Å²) in [4.78, 5) is 11.3. The fraction of sp³-hybridized carbons (Fsp3) is 0.909. The molecule has 3 nitrogen and oxygen atoms in total. The lowest BCUT2D eigenvalue weighted by Crippen LogP contribution is -2.24. The fourth-order valence-electron chi connectivity index (χ4n) is 1.30. The third-order valence-corrected chi connectivity index (χ3v) is 2.38. The lowest BCUT2D eigenvalue weighted by molar-refractivity contribution is -0.121. The maximum Gasteiger partial charge on any atom is 0.220 e. The summed E-state index contributed by atoms with van der Waals surface area (Å²) in [6, 6.07) is 0. The number of unbranched alkanes of at least 4 members (excludes halogenated alkanes) is 1. The van der Waals surface area contributed by atoms with Crippen molar-refractivity contribution in [3.63, 3.8) is 0 Å². The topological polar surface area (TPSA) is 55.1 Å². The highest BCUT2D eigenvalue weighted by atomic mass is 16.1. The highest BCUT2D eigenvalue weighted by Gasteiger charge is 2.05. The molecular formula is C11H24N2O. The van der Waals surface area contributed by atoms with Crippen LogP contribution in [0.3, 0.4) is 0 Å². The van der Waals surface area contributed by atoms with Crippen LogP contribution in [0.2, 0.25) is 0 Å². The summed E-state index contributed by atoms with van der Waals surface area (Å²) in [5.74, 6) is 0.749. The van der Waals surface area contributed by atoms with Gasteiger partial charge in [-0.25, -0.2) is 0 Å². The van der Waals surface area contributed by atoms with E-state index in [1.807, 2.05) is 0 Å². The molecule has 0 aliphatic rings. The lowest BCUT2D eigenvalue weighted by Gasteiger charge is -2.09. The van der Waals surface area contributed by atoms with Crippen LogP contribution >= 0.6 is 0 Å². The Morgan fingerprint density at radius 2 is 2.14 bits per heavy atom. The van der Waals surface area contributed by atoms with Crippen molar-refractivity contribution < 1.29 is 4.79 Å². The van der Waals surface area contributed by atoms with Gasteiger partial charge in [0.2, 0.25) is 5.91 Å². The molecule has 3 heteroatoms. The molecule has 1 atom stereocenters. The van der Waals surface area contributed by atoms with Crippen LogP contribution in [0.4, 0.5) is 0 Å². The van der Waals surface area contributed by atoms with Crippen molar-refractivity contribution >= 4 is 5.91 Å². The van der Waals surface area contributed by atoms with Gasteiger partial charge in [0.25, 0.3) is 0 Å². The molecule has 3 N–H and O–H groups in total. The van der Waals surface area contributed by atoms with E-state index in [4.69, 9.17) is 5.73 Å². The maximum atomic E-state index is 11.3. The van der Waals surface area contributed by atoms with E-state index in [-0.39, 0.29) is 5.91 Å². The largest absolute Gasteiger partial charge is 0.356 e. The van der Waals surface area contributed by atoms with E-state index in [2.05, 4.69) is 19.2 Å². The molecule has 0 saturated carbocycles. The summed E-state index contributed by atoms with van der Waals surface area (Å²) in [5.41, 5.74) is 5.43. The first kappa shape index (κ1) is 13.4. The first-order valence-electron chi connectivity index (χ1n) is 5.67. The average Bonchev–Trinajstić information content (AvgIpc) is 2.16.